The molecular formula is C29H44F2N6O2. The Kier molecular flexibility index (Phi) is 8.91. The fourth-order valence-corrected chi connectivity index (χ4v) is 5.91. The molecule has 3 aliphatic rings. The molecule has 1 aromatic carbocycles. The normalized spacial score (nSPS) is 21.1. The summed E-state index contributed by atoms with van der Waals surface area (Å²) in [6.07, 6.45) is 5.18. The average Bonchev–Trinajstić information content (AvgIpc) is 3.44. The molecule has 0 atom stereocenters. The number of hydrogen-bond donors (Lipinski definition) is 1. The van der Waals surface area contributed by atoms with E-state index >= 15 is 0 Å². The number of fused-ring (bicyclic) bond motifs is 1. The Bertz CT molecular complexity index is 1090. The van der Waals surface area contributed by atoms with Crippen LogP contribution < -0.4 is 19.7 Å². The molecule has 10 heteroatoms. The van der Waals surface area contributed by atoms with E-state index in [1.807, 2.05) is 17.0 Å². The van der Waals surface area contributed by atoms with Crippen molar-refractivity contribution in [3.8, 4) is 11.5 Å². The number of likely N-dealkylation sites (tertiary alicyclic amines) is 2. The second kappa shape index (κ2) is 12.4. The van der Waals surface area contributed by atoms with Gasteiger partial charge in [-0.05, 0) is 65.1 Å². The number of nitrogens with zero attached hydrogens (tertiary/aromatic N) is 5. The van der Waals surface area contributed by atoms with E-state index in [4.69, 9.17) is 19.4 Å². The van der Waals surface area contributed by atoms with E-state index in [2.05, 4.69) is 29.0 Å². The molecule has 0 saturated carbocycles. The third kappa shape index (κ3) is 7.01. The number of halogens is 2. The van der Waals surface area contributed by atoms with Crippen molar-refractivity contribution in [2.75, 3.05) is 69.7 Å². The Labute approximate surface area is 231 Å². The maximum atomic E-state index is 13.9. The Hall–Kier alpha value is -2.46. The van der Waals surface area contributed by atoms with Gasteiger partial charge in [0.05, 0.1) is 19.2 Å². The van der Waals surface area contributed by atoms with Crippen LogP contribution in [0.3, 0.4) is 0 Å². The molecule has 4 heterocycles. The van der Waals surface area contributed by atoms with Crippen LogP contribution in [0.15, 0.2) is 12.1 Å². The number of ether oxygens (including phenoxy) is 2. The summed E-state index contributed by atoms with van der Waals surface area (Å²) in [5.74, 6) is -0.102. The van der Waals surface area contributed by atoms with Crippen molar-refractivity contribution in [1.82, 2.24) is 19.8 Å². The van der Waals surface area contributed by atoms with E-state index in [1.165, 1.54) is 25.9 Å². The van der Waals surface area contributed by atoms with E-state index in [9.17, 15) is 8.78 Å². The zero-order valence-corrected chi connectivity index (χ0v) is 23.7. The largest absolute Gasteiger partial charge is 0.493 e. The molecule has 0 radical (unpaired) electrons. The first kappa shape index (κ1) is 28.1. The van der Waals surface area contributed by atoms with Crippen molar-refractivity contribution in [3.63, 3.8) is 0 Å². The van der Waals surface area contributed by atoms with Crippen molar-refractivity contribution in [2.45, 2.75) is 76.8 Å². The van der Waals surface area contributed by atoms with E-state index in [-0.39, 0.29) is 32.0 Å². The Balaban J connectivity index is 1.38. The summed E-state index contributed by atoms with van der Waals surface area (Å²) in [7, 11) is 1.65. The lowest BCUT2D eigenvalue weighted by Crippen LogP contribution is -2.42. The van der Waals surface area contributed by atoms with Gasteiger partial charge in [0.2, 0.25) is 5.95 Å². The molecule has 1 N–H and O–H groups in total. The highest BCUT2D eigenvalue weighted by atomic mass is 19.3. The first-order valence-corrected chi connectivity index (χ1v) is 14.7. The van der Waals surface area contributed by atoms with E-state index in [0.29, 0.717) is 30.1 Å². The van der Waals surface area contributed by atoms with Crippen molar-refractivity contribution >= 4 is 22.7 Å². The number of nitrogens with one attached hydrogen (secondary N) is 1. The summed E-state index contributed by atoms with van der Waals surface area (Å²) in [6.45, 7) is 11.0. The summed E-state index contributed by atoms with van der Waals surface area (Å²) in [5.41, 5.74) is 0.731. The molecular weight excluding hydrogens is 502 g/mol. The summed E-state index contributed by atoms with van der Waals surface area (Å²) >= 11 is 0. The molecule has 3 fully saturated rings. The van der Waals surface area contributed by atoms with Crippen LogP contribution >= 0.6 is 0 Å². The van der Waals surface area contributed by atoms with Crippen LogP contribution in [-0.2, 0) is 0 Å². The highest BCUT2D eigenvalue weighted by Crippen LogP contribution is 2.37. The van der Waals surface area contributed by atoms with Crippen LogP contribution in [0.4, 0.5) is 20.5 Å². The monoisotopic (exact) mass is 546 g/mol. The van der Waals surface area contributed by atoms with Gasteiger partial charge in [0.25, 0.3) is 5.92 Å². The second-order valence-electron chi connectivity index (χ2n) is 11.5. The number of hydrogen-bond acceptors (Lipinski definition) is 8. The molecule has 3 aliphatic heterocycles. The minimum Gasteiger partial charge on any atom is -0.493 e. The lowest BCUT2D eigenvalue weighted by atomic mass is 10.0. The first-order valence-electron chi connectivity index (χ1n) is 14.7. The molecule has 2 aromatic rings. The van der Waals surface area contributed by atoms with Crippen LogP contribution in [0.1, 0.15) is 58.8 Å². The second-order valence-corrected chi connectivity index (χ2v) is 11.5. The zero-order chi connectivity index (χ0) is 27.4. The van der Waals surface area contributed by atoms with Crippen LogP contribution in [-0.4, -0.2) is 97.3 Å². The Morgan fingerprint density at radius 3 is 2.38 bits per heavy atom. The van der Waals surface area contributed by atoms with Gasteiger partial charge >= 0.3 is 0 Å². The standard InChI is InChI=1S/C29H44F2N6O2/c1-21(2)36-14-7-22(8-15-36)32-27-23-19-25(38-3)26(39-18-6-13-35-11-4-5-12-35)20-24(23)33-28(34-27)37-16-9-29(30,31)10-17-37/h19-22H,4-18H2,1-3H3,(H,32,33,34). The van der Waals surface area contributed by atoms with Crippen molar-refractivity contribution in [3.05, 3.63) is 12.1 Å². The predicted molar refractivity (Wildman–Crippen MR) is 152 cm³/mol. The summed E-state index contributed by atoms with van der Waals surface area (Å²) in [5, 5.41) is 4.53. The number of piperidine rings is 2. The molecule has 0 unspecified atom stereocenters. The molecule has 216 valence electrons. The summed E-state index contributed by atoms with van der Waals surface area (Å²) in [4.78, 5) is 16.6. The maximum absolute atomic E-state index is 13.9. The molecule has 8 nitrogen and oxygen atoms in total. The third-order valence-corrected chi connectivity index (χ3v) is 8.42. The van der Waals surface area contributed by atoms with Gasteiger partial charge < -0.3 is 29.5 Å². The topological polar surface area (TPSA) is 66.0 Å². The molecule has 39 heavy (non-hydrogen) atoms. The zero-order valence-electron chi connectivity index (χ0n) is 23.7. The SMILES string of the molecule is COc1cc2c(NC3CCN(C(C)C)CC3)nc(N3CCC(F)(F)CC3)nc2cc1OCCCN1CCCC1. The quantitative estimate of drug-likeness (QED) is 0.417. The molecule has 0 aliphatic carbocycles. The molecule has 0 spiro atoms. The predicted octanol–water partition coefficient (Wildman–Crippen LogP) is 5.02. The lowest BCUT2D eigenvalue weighted by molar-refractivity contribution is -0.0222. The fraction of sp³-hybridized carbons (Fsp3) is 0.724. The summed E-state index contributed by atoms with van der Waals surface area (Å²) < 4.78 is 39.7. The van der Waals surface area contributed by atoms with Crippen molar-refractivity contribution in [1.29, 1.82) is 0 Å². The number of anilines is 2. The molecule has 0 bridgehead atoms. The van der Waals surface area contributed by atoms with Gasteiger partial charge in [-0.2, -0.15) is 4.98 Å². The number of alkyl halides is 2. The lowest BCUT2D eigenvalue weighted by Gasteiger charge is -2.35. The van der Waals surface area contributed by atoms with E-state index < -0.39 is 5.92 Å². The van der Waals surface area contributed by atoms with Gasteiger partial charge in [0, 0.05) is 69.1 Å². The van der Waals surface area contributed by atoms with Crippen molar-refractivity contribution in [2.24, 2.45) is 0 Å². The van der Waals surface area contributed by atoms with Gasteiger partial charge in [-0.25, -0.2) is 13.8 Å². The van der Waals surface area contributed by atoms with Gasteiger partial charge in [-0.3, -0.25) is 0 Å². The maximum Gasteiger partial charge on any atom is 0.251 e. The van der Waals surface area contributed by atoms with Crippen LogP contribution in [0.25, 0.3) is 10.9 Å². The van der Waals surface area contributed by atoms with Crippen LogP contribution in [0.5, 0.6) is 11.5 Å². The Morgan fingerprint density at radius 2 is 1.72 bits per heavy atom. The number of methoxy groups -OCH3 is 1. The van der Waals surface area contributed by atoms with Gasteiger partial charge in [-0.15, -0.1) is 0 Å². The van der Waals surface area contributed by atoms with E-state index in [1.54, 1.807) is 7.11 Å². The summed E-state index contributed by atoms with van der Waals surface area (Å²) in [6, 6.07) is 4.68. The highest BCUT2D eigenvalue weighted by Gasteiger charge is 2.35. The molecule has 3 saturated heterocycles. The Morgan fingerprint density at radius 1 is 1.00 bits per heavy atom. The smallest absolute Gasteiger partial charge is 0.251 e. The molecule has 1 aromatic heterocycles. The number of rotatable bonds is 10. The van der Waals surface area contributed by atoms with Gasteiger partial charge in [0.1, 0.15) is 5.82 Å². The van der Waals surface area contributed by atoms with Gasteiger partial charge in [-0.1, -0.05) is 0 Å². The third-order valence-electron chi connectivity index (χ3n) is 8.42. The number of aromatic nitrogens is 2. The minimum atomic E-state index is -2.62. The number of benzene rings is 1. The molecule has 5 rings (SSSR count). The molecule has 0 amide bonds. The van der Waals surface area contributed by atoms with Gasteiger partial charge in [0.15, 0.2) is 11.5 Å². The highest BCUT2D eigenvalue weighted by molar-refractivity contribution is 5.93. The van der Waals surface area contributed by atoms with Crippen LogP contribution in [0.2, 0.25) is 0 Å². The first-order chi connectivity index (χ1) is 18.8. The fourth-order valence-electron chi connectivity index (χ4n) is 5.91. The van der Waals surface area contributed by atoms with E-state index in [0.717, 1.165) is 55.6 Å². The minimum absolute atomic E-state index is 0.182. The van der Waals surface area contributed by atoms with Crippen LogP contribution in [0, 0.1) is 0 Å². The average molecular weight is 547 g/mol. The van der Waals surface area contributed by atoms with Crippen molar-refractivity contribution < 1.29 is 18.3 Å².